The largest absolute Gasteiger partial charge is 0.444 e. The Balaban J connectivity index is 1.53. The third-order valence-electron chi connectivity index (χ3n) is 4.64. The first-order valence-electron chi connectivity index (χ1n) is 8.69. The van der Waals surface area contributed by atoms with Crippen molar-refractivity contribution < 1.29 is 9.53 Å². The Morgan fingerprint density at radius 1 is 1.36 bits per heavy atom. The molecule has 2 N–H and O–H groups in total. The molecular weight excluding hydrogens is 318 g/mol. The average Bonchev–Trinajstić information content (AvgIpc) is 3.22. The minimum atomic E-state index is -0.477. The van der Waals surface area contributed by atoms with Crippen LogP contribution in [-0.4, -0.2) is 37.3 Å². The number of rotatable bonds is 2. The fraction of sp³-hybridized carbons (Fsp3) is 0.500. The molecular formula is C18H23N5O2. The van der Waals surface area contributed by atoms with Crippen molar-refractivity contribution in [2.24, 2.45) is 0 Å². The van der Waals surface area contributed by atoms with Gasteiger partial charge in [0.15, 0.2) is 0 Å². The zero-order valence-electron chi connectivity index (χ0n) is 14.7. The summed E-state index contributed by atoms with van der Waals surface area (Å²) in [5, 5.41) is 4.08. The maximum atomic E-state index is 12.0. The first-order chi connectivity index (χ1) is 11.9. The highest BCUT2D eigenvalue weighted by molar-refractivity contribution is 6.00. The lowest BCUT2D eigenvalue weighted by molar-refractivity contribution is 0.0505. The highest BCUT2D eigenvalue weighted by atomic mass is 16.6. The first-order valence-corrected chi connectivity index (χ1v) is 8.69. The second kappa shape index (κ2) is 5.75. The Morgan fingerprint density at radius 3 is 3.00 bits per heavy atom. The summed E-state index contributed by atoms with van der Waals surface area (Å²) in [5.74, 6) is 0. The quantitative estimate of drug-likeness (QED) is 0.747. The Labute approximate surface area is 145 Å². The van der Waals surface area contributed by atoms with Gasteiger partial charge in [-0.2, -0.15) is 0 Å². The van der Waals surface area contributed by atoms with E-state index in [1.807, 2.05) is 39.4 Å². The Morgan fingerprint density at radius 2 is 2.20 bits per heavy atom. The topological polar surface area (TPSA) is 84.8 Å². The molecule has 3 heterocycles. The smallest absolute Gasteiger partial charge is 0.407 e. The summed E-state index contributed by atoms with van der Waals surface area (Å²) in [6.07, 6.45) is 8.06. The minimum Gasteiger partial charge on any atom is -0.444 e. The molecule has 7 nitrogen and oxygen atoms in total. The minimum absolute atomic E-state index is 0.126. The molecule has 7 heteroatoms. The van der Waals surface area contributed by atoms with Crippen molar-refractivity contribution in [2.75, 3.05) is 0 Å². The van der Waals surface area contributed by atoms with Crippen molar-refractivity contribution in [3.8, 4) is 0 Å². The highest BCUT2D eigenvalue weighted by Crippen LogP contribution is 2.34. The summed E-state index contributed by atoms with van der Waals surface area (Å²) in [5.41, 5.74) is 2.40. The van der Waals surface area contributed by atoms with Crippen LogP contribution in [0.2, 0.25) is 0 Å². The second-order valence-electron chi connectivity index (χ2n) is 7.69. The van der Waals surface area contributed by atoms with E-state index in [-0.39, 0.29) is 12.1 Å². The lowest BCUT2D eigenvalue weighted by Crippen LogP contribution is -2.38. The molecule has 1 saturated carbocycles. The number of aromatic amines is 1. The van der Waals surface area contributed by atoms with E-state index in [4.69, 9.17) is 4.74 Å². The normalized spacial score (nSPS) is 21.1. The van der Waals surface area contributed by atoms with E-state index in [2.05, 4.69) is 24.8 Å². The van der Waals surface area contributed by atoms with E-state index in [1.165, 1.54) is 0 Å². The van der Waals surface area contributed by atoms with Gasteiger partial charge in [0.2, 0.25) is 0 Å². The number of H-pyrrole nitrogens is 1. The highest BCUT2D eigenvalue weighted by Gasteiger charge is 2.29. The molecule has 25 heavy (non-hydrogen) atoms. The number of hydrogen-bond donors (Lipinski definition) is 2. The average molecular weight is 341 g/mol. The van der Waals surface area contributed by atoms with Crippen molar-refractivity contribution >= 4 is 28.2 Å². The number of ether oxygens (including phenoxy) is 1. The molecule has 3 aromatic heterocycles. The van der Waals surface area contributed by atoms with Gasteiger partial charge in [-0.15, -0.1) is 0 Å². The molecule has 1 aliphatic rings. The van der Waals surface area contributed by atoms with Gasteiger partial charge in [-0.05, 0) is 46.1 Å². The molecule has 0 aromatic carbocycles. The fourth-order valence-corrected chi connectivity index (χ4v) is 3.62. The summed E-state index contributed by atoms with van der Waals surface area (Å²) in [6, 6.07) is 2.47. The van der Waals surface area contributed by atoms with Crippen molar-refractivity contribution in [3.63, 3.8) is 0 Å². The number of nitrogens with zero attached hydrogens (tertiary/aromatic N) is 3. The molecule has 0 aliphatic heterocycles. The van der Waals surface area contributed by atoms with Crippen LogP contribution in [0.1, 0.15) is 46.1 Å². The maximum absolute atomic E-state index is 12.0. The van der Waals surface area contributed by atoms with Crippen molar-refractivity contribution in [2.45, 2.75) is 57.7 Å². The molecule has 1 fully saturated rings. The molecule has 1 aliphatic carbocycles. The van der Waals surface area contributed by atoms with Crippen molar-refractivity contribution in [3.05, 3.63) is 24.8 Å². The molecule has 0 saturated heterocycles. The first kappa shape index (κ1) is 15.9. The number of carbonyl (C=O) groups is 1. The van der Waals surface area contributed by atoms with Gasteiger partial charge in [0, 0.05) is 23.7 Å². The molecule has 4 rings (SSSR count). The lowest BCUT2D eigenvalue weighted by atomic mass is 10.2. The summed E-state index contributed by atoms with van der Waals surface area (Å²) < 4.78 is 7.59. The molecule has 1 amide bonds. The van der Waals surface area contributed by atoms with Gasteiger partial charge in [0.1, 0.15) is 16.8 Å². The summed E-state index contributed by atoms with van der Waals surface area (Å²) >= 11 is 0. The number of carbonyl (C=O) groups excluding carboxylic acids is 1. The van der Waals surface area contributed by atoms with Crippen LogP contribution >= 0.6 is 0 Å². The molecule has 132 valence electrons. The number of fused-ring (bicyclic) bond motifs is 3. The van der Waals surface area contributed by atoms with E-state index in [0.717, 1.165) is 41.3 Å². The molecule has 0 bridgehead atoms. The number of alkyl carbamates (subject to hydrolysis) is 1. The third-order valence-corrected chi connectivity index (χ3v) is 4.64. The van der Waals surface area contributed by atoms with Gasteiger partial charge in [0.05, 0.1) is 18.0 Å². The van der Waals surface area contributed by atoms with E-state index in [9.17, 15) is 4.79 Å². The van der Waals surface area contributed by atoms with Crippen molar-refractivity contribution in [1.82, 2.24) is 24.8 Å². The molecule has 0 unspecified atom stereocenters. The van der Waals surface area contributed by atoms with E-state index in [1.54, 1.807) is 6.20 Å². The number of pyridine rings is 1. The number of nitrogens with one attached hydrogen (secondary N) is 2. The van der Waals surface area contributed by atoms with Crippen LogP contribution in [0.4, 0.5) is 4.79 Å². The van der Waals surface area contributed by atoms with Gasteiger partial charge < -0.3 is 19.6 Å². The van der Waals surface area contributed by atoms with Crippen LogP contribution in [0, 0.1) is 0 Å². The predicted octanol–water partition coefficient (Wildman–Crippen LogP) is 3.53. The van der Waals surface area contributed by atoms with Crippen LogP contribution in [0.15, 0.2) is 24.8 Å². The van der Waals surface area contributed by atoms with Gasteiger partial charge in [-0.25, -0.2) is 14.8 Å². The lowest BCUT2D eigenvalue weighted by Gasteiger charge is -2.22. The number of aromatic nitrogens is 4. The van der Waals surface area contributed by atoms with Crippen LogP contribution in [0.3, 0.4) is 0 Å². The molecule has 2 atom stereocenters. The van der Waals surface area contributed by atoms with E-state index < -0.39 is 5.60 Å². The SMILES string of the molecule is CC(C)(C)OC(=O)N[C@@H]1CC[C@@H](n2cnc3cnc4[nH]ccc4c32)C1. The van der Waals surface area contributed by atoms with E-state index in [0.29, 0.717) is 6.04 Å². The van der Waals surface area contributed by atoms with E-state index >= 15 is 0 Å². The Kier molecular flexibility index (Phi) is 3.67. The van der Waals surface area contributed by atoms with Gasteiger partial charge in [-0.3, -0.25) is 0 Å². The van der Waals surface area contributed by atoms with Gasteiger partial charge in [-0.1, -0.05) is 0 Å². The van der Waals surface area contributed by atoms with Crippen LogP contribution < -0.4 is 5.32 Å². The molecule has 0 spiro atoms. The monoisotopic (exact) mass is 341 g/mol. The van der Waals surface area contributed by atoms with Gasteiger partial charge >= 0.3 is 6.09 Å². The number of amides is 1. The maximum Gasteiger partial charge on any atom is 0.407 e. The third kappa shape index (κ3) is 3.06. The van der Waals surface area contributed by atoms with Gasteiger partial charge in [0.25, 0.3) is 0 Å². The predicted molar refractivity (Wildman–Crippen MR) is 95.4 cm³/mol. The Bertz CT molecular complexity index is 920. The Hall–Kier alpha value is -2.57. The zero-order valence-corrected chi connectivity index (χ0v) is 14.7. The molecule has 0 radical (unpaired) electrons. The molecule has 3 aromatic rings. The summed E-state index contributed by atoms with van der Waals surface area (Å²) in [7, 11) is 0. The van der Waals surface area contributed by atoms with Crippen LogP contribution in [0.5, 0.6) is 0 Å². The second-order valence-corrected chi connectivity index (χ2v) is 7.69. The standard InChI is InChI=1S/C18H23N5O2/c1-18(2,3)25-17(24)22-11-4-5-12(8-11)23-10-21-14-9-20-16-13(15(14)23)6-7-19-16/h6-7,9-12H,4-5,8H2,1-3H3,(H,19,20)(H,22,24)/t11-,12-/m1/s1. The fourth-order valence-electron chi connectivity index (χ4n) is 3.62. The number of imidazole rings is 1. The summed E-state index contributed by atoms with van der Waals surface area (Å²) in [6.45, 7) is 5.62. The zero-order chi connectivity index (χ0) is 17.6. The number of hydrogen-bond acceptors (Lipinski definition) is 4. The van der Waals surface area contributed by atoms with Crippen molar-refractivity contribution in [1.29, 1.82) is 0 Å². The summed E-state index contributed by atoms with van der Waals surface area (Å²) in [4.78, 5) is 24.0. The van der Waals surface area contributed by atoms with Crippen LogP contribution in [-0.2, 0) is 4.74 Å². The van der Waals surface area contributed by atoms with Crippen LogP contribution in [0.25, 0.3) is 22.1 Å².